The highest BCUT2D eigenvalue weighted by Gasteiger charge is 2.42. The van der Waals surface area contributed by atoms with E-state index in [4.69, 9.17) is 5.73 Å². The van der Waals surface area contributed by atoms with E-state index in [-0.39, 0.29) is 9.64 Å². The second-order valence-electron chi connectivity index (χ2n) is 4.13. The number of thioether (sulfide) groups is 1. The number of aromatic nitrogens is 1. The van der Waals surface area contributed by atoms with Crippen LogP contribution in [0.25, 0.3) is 0 Å². The van der Waals surface area contributed by atoms with E-state index >= 15 is 0 Å². The van der Waals surface area contributed by atoms with Gasteiger partial charge in [-0.25, -0.2) is 18.1 Å². The van der Waals surface area contributed by atoms with Crippen molar-refractivity contribution in [3.63, 3.8) is 0 Å². The largest absolute Gasteiger partial charge is 0.384 e. The van der Waals surface area contributed by atoms with Gasteiger partial charge in [0.25, 0.3) is 0 Å². The Hall–Kier alpha value is -0.790. The zero-order valence-electron chi connectivity index (χ0n) is 9.51. The maximum absolute atomic E-state index is 11.9. The van der Waals surface area contributed by atoms with Crippen LogP contribution in [-0.2, 0) is 10.0 Å². The van der Waals surface area contributed by atoms with Gasteiger partial charge in [0.05, 0.1) is 0 Å². The van der Waals surface area contributed by atoms with Gasteiger partial charge >= 0.3 is 0 Å². The van der Waals surface area contributed by atoms with Gasteiger partial charge in [-0.2, -0.15) is 11.8 Å². The second kappa shape index (κ2) is 4.47. The average Bonchev–Trinajstić information content (AvgIpc) is 3.08. The maximum Gasteiger partial charge on any atom is 0.242 e. The molecule has 2 rings (SSSR count). The Kier molecular flexibility index (Phi) is 3.33. The third-order valence-corrected chi connectivity index (χ3v) is 5.70. The highest BCUT2D eigenvalue weighted by atomic mass is 32.2. The first-order valence-electron chi connectivity index (χ1n) is 5.24. The van der Waals surface area contributed by atoms with E-state index in [9.17, 15) is 8.42 Å². The Labute approximate surface area is 105 Å². The molecule has 0 saturated heterocycles. The fourth-order valence-electron chi connectivity index (χ4n) is 1.45. The van der Waals surface area contributed by atoms with Crippen molar-refractivity contribution >= 4 is 27.6 Å². The number of nitrogens with zero attached hydrogens (tertiary/aromatic N) is 1. The first-order chi connectivity index (χ1) is 7.97. The fraction of sp³-hybridized carbons (Fsp3) is 0.500. The van der Waals surface area contributed by atoms with Gasteiger partial charge < -0.3 is 5.73 Å². The Balaban J connectivity index is 2.06. The number of nitrogens with one attached hydrogen (secondary N) is 1. The van der Waals surface area contributed by atoms with Crippen molar-refractivity contribution in [2.24, 2.45) is 0 Å². The Morgan fingerprint density at radius 2 is 2.24 bits per heavy atom. The van der Waals surface area contributed by atoms with Crippen molar-refractivity contribution in [2.75, 3.05) is 18.5 Å². The normalized spacial score (nSPS) is 17.9. The topological polar surface area (TPSA) is 85.1 Å². The van der Waals surface area contributed by atoms with Crippen LogP contribution in [0.1, 0.15) is 12.8 Å². The number of hydrogen-bond donors (Lipinski definition) is 2. The van der Waals surface area contributed by atoms with Gasteiger partial charge in [-0.3, -0.25) is 0 Å². The lowest BCUT2D eigenvalue weighted by molar-refractivity contribution is 0.579. The summed E-state index contributed by atoms with van der Waals surface area (Å²) in [5, 5.41) is 0. The molecule has 0 radical (unpaired) electrons. The minimum absolute atomic E-state index is 0.105. The van der Waals surface area contributed by atoms with E-state index in [2.05, 4.69) is 9.71 Å². The lowest BCUT2D eigenvalue weighted by atomic mass is 10.4. The van der Waals surface area contributed by atoms with Gasteiger partial charge in [-0.1, -0.05) is 0 Å². The summed E-state index contributed by atoms with van der Waals surface area (Å²) in [4.78, 5) is 3.94. The minimum atomic E-state index is -3.46. The molecule has 3 N–H and O–H groups in total. The first-order valence-corrected chi connectivity index (χ1v) is 7.95. The average molecular weight is 273 g/mol. The lowest BCUT2D eigenvalue weighted by Crippen LogP contribution is -2.31. The second-order valence-corrected chi connectivity index (χ2v) is 7.17. The van der Waals surface area contributed by atoms with Gasteiger partial charge in [0.1, 0.15) is 10.7 Å². The predicted octanol–water partition coefficient (Wildman–Crippen LogP) is 0.838. The summed E-state index contributed by atoms with van der Waals surface area (Å²) in [6.45, 7) is 0.473. The molecule has 1 saturated carbocycles. The molecule has 5 nitrogen and oxygen atoms in total. The molecule has 0 bridgehead atoms. The number of sulfonamides is 1. The van der Waals surface area contributed by atoms with E-state index in [0.29, 0.717) is 12.4 Å². The third kappa shape index (κ3) is 2.91. The van der Waals surface area contributed by atoms with Gasteiger partial charge in [0.2, 0.25) is 10.0 Å². The van der Waals surface area contributed by atoms with Crippen LogP contribution in [0.3, 0.4) is 0 Å². The van der Waals surface area contributed by atoms with Crippen LogP contribution in [-0.4, -0.2) is 30.9 Å². The molecule has 0 unspecified atom stereocenters. The number of rotatable bonds is 5. The van der Waals surface area contributed by atoms with Crippen molar-refractivity contribution in [1.82, 2.24) is 9.71 Å². The maximum atomic E-state index is 11.9. The highest BCUT2D eigenvalue weighted by molar-refractivity contribution is 8.00. The summed E-state index contributed by atoms with van der Waals surface area (Å²) in [5.41, 5.74) is 5.42. The monoisotopic (exact) mass is 273 g/mol. The highest BCUT2D eigenvalue weighted by Crippen LogP contribution is 2.46. The van der Waals surface area contributed by atoms with E-state index in [1.54, 1.807) is 11.8 Å². The van der Waals surface area contributed by atoms with Crippen LogP contribution in [0.15, 0.2) is 23.2 Å². The Morgan fingerprint density at radius 3 is 2.71 bits per heavy atom. The van der Waals surface area contributed by atoms with Gasteiger partial charge in [0, 0.05) is 17.5 Å². The molecule has 94 valence electrons. The number of nitrogen functional groups attached to an aromatic ring is 1. The van der Waals surface area contributed by atoms with Gasteiger partial charge in [-0.05, 0) is 31.2 Å². The van der Waals surface area contributed by atoms with Crippen molar-refractivity contribution < 1.29 is 8.42 Å². The molecule has 1 aromatic rings. The molecular formula is C10H15N3O2S2. The van der Waals surface area contributed by atoms with Crippen molar-refractivity contribution in [3.05, 3.63) is 18.3 Å². The van der Waals surface area contributed by atoms with E-state index in [1.807, 2.05) is 6.26 Å². The van der Waals surface area contributed by atoms with Crippen LogP contribution in [0, 0.1) is 0 Å². The van der Waals surface area contributed by atoms with Crippen molar-refractivity contribution in [3.8, 4) is 0 Å². The molecule has 0 aliphatic heterocycles. The van der Waals surface area contributed by atoms with E-state index in [0.717, 1.165) is 12.8 Å². The molecule has 1 aliphatic rings. The van der Waals surface area contributed by atoms with E-state index < -0.39 is 10.0 Å². The fourth-order valence-corrected chi connectivity index (χ4v) is 3.34. The molecule has 0 amide bonds. The SMILES string of the molecule is CSC1(CNS(=O)(=O)c2ccc(N)nc2)CC1. The minimum Gasteiger partial charge on any atom is -0.384 e. The Bertz CT molecular complexity index is 495. The summed E-state index contributed by atoms with van der Waals surface area (Å²) in [5.74, 6) is 0.312. The molecule has 1 aliphatic carbocycles. The summed E-state index contributed by atoms with van der Waals surface area (Å²) >= 11 is 1.71. The third-order valence-electron chi connectivity index (χ3n) is 2.89. The standard InChI is InChI=1S/C10H15N3O2S2/c1-16-10(4-5-10)7-13-17(14,15)8-2-3-9(11)12-6-8/h2-3,6,13H,4-5,7H2,1H3,(H2,11,12). The molecule has 1 aromatic heterocycles. The number of anilines is 1. The smallest absolute Gasteiger partial charge is 0.242 e. The summed E-state index contributed by atoms with van der Waals surface area (Å²) in [7, 11) is -3.46. The summed E-state index contributed by atoms with van der Waals surface area (Å²) < 4.78 is 26.6. The molecule has 1 fully saturated rings. The zero-order valence-corrected chi connectivity index (χ0v) is 11.1. The van der Waals surface area contributed by atoms with Crippen LogP contribution in [0.2, 0.25) is 0 Å². The lowest BCUT2D eigenvalue weighted by Gasteiger charge is -2.13. The molecule has 7 heteroatoms. The zero-order chi connectivity index (χ0) is 12.5. The first kappa shape index (κ1) is 12.7. The summed E-state index contributed by atoms with van der Waals surface area (Å²) in [6.07, 6.45) is 5.41. The molecule has 0 aromatic carbocycles. The van der Waals surface area contributed by atoms with Crippen LogP contribution >= 0.6 is 11.8 Å². The van der Waals surface area contributed by atoms with Gasteiger partial charge in [-0.15, -0.1) is 0 Å². The molecule has 1 heterocycles. The number of hydrogen-bond acceptors (Lipinski definition) is 5. The molecule has 0 spiro atoms. The number of pyridine rings is 1. The Morgan fingerprint density at radius 1 is 1.53 bits per heavy atom. The molecular weight excluding hydrogens is 258 g/mol. The van der Waals surface area contributed by atoms with Crippen molar-refractivity contribution in [1.29, 1.82) is 0 Å². The van der Waals surface area contributed by atoms with Crippen LogP contribution in [0.4, 0.5) is 5.82 Å². The predicted molar refractivity (Wildman–Crippen MR) is 69.3 cm³/mol. The number of nitrogens with two attached hydrogens (primary N) is 1. The van der Waals surface area contributed by atoms with Crippen LogP contribution in [0.5, 0.6) is 0 Å². The van der Waals surface area contributed by atoms with Crippen molar-refractivity contribution in [2.45, 2.75) is 22.5 Å². The van der Waals surface area contributed by atoms with E-state index in [1.165, 1.54) is 18.3 Å². The van der Waals surface area contributed by atoms with Crippen LogP contribution < -0.4 is 10.5 Å². The molecule has 0 atom stereocenters. The quantitative estimate of drug-likeness (QED) is 0.830. The summed E-state index contributed by atoms with van der Waals surface area (Å²) in [6, 6.07) is 2.94. The molecule has 17 heavy (non-hydrogen) atoms. The van der Waals surface area contributed by atoms with Gasteiger partial charge in [0.15, 0.2) is 0 Å².